The third-order valence-corrected chi connectivity index (χ3v) is 2.94. The summed E-state index contributed by atoms with van der Waals surface area (Å²) >= 11 is 1.64. The molecule has 0 radical (unpaired) electrons. The minimum absolute atomic E-state index is 0.656. The summed E-state index contributed by atoms with van der Waals surface area (Å²) in [6.45, 7) is 4.41. The van der Waals surface area contributed by atoms with Crippen LogP contribution in [0, 0.1) is 5.92 Å². The Balaban J connectivity index is 2.17. The molecule has 0 aliphatic rings. The maximum Gasteiger partial charge on any atom is 0.124 e. The molecule has 15 heavy (non-hydrogen) atoms. The molecule has 2 aromatic rings. The van der Waals surface area contributed by atoms with E-state index in [2.05, 4.69) is 35.9 Å². The SMILES string of the molecule is CC(C)Cc1ccc(-c2nccs2)cn1. The van der Waals surface area contributed by atoms with Gasteiger partial charge in [0, 0.05) is 29.0 Å². The van der Waals surface area contributed by atoms with Crippen LogP contribution < -0.4 is 0 Å². The first-order chi connectivity index (χ1) is 7.25. The molecule has 0 atom stereocenters. The summed E-state index contributed by atoms with van der Waals surface area (Å²) in [6.07, 6.45) is 4.77. The molecule has 0 amide bonds. The summed E-state index contributed by atoms with van der Waals surface area (Å²) in [6, 6.07) is 4.19. The van der Waals surface area contributed by atoms with Gasteiger partial charge in [0.1, 0.15) is 5.01 Å². The molecule has 0 aliphatic heterocycles. The van der Waals surface area contributed by atoms with Crippen molar-refractivity contribution in [1.82, 2.24) is 9.97 Å². The third-order valence-electron chi connectivity index (χ3n) is 2.12. The molecule has 2 aromatic heterocycles. The lowest BCUT2D eigenvalue weighted by atomic mass is 10.1. The van der Waals surface area contributed by atoms with Gasteiger partial charge < -0.3 is 0 Å². The molecule has 0 spiro atoms. The van der Waals surface area contributed by atoms with Gasteiger partial charge >= 0.3 is 0 Å². The number of hydrogen-bond acceptors (Lipinski definition) is 3. The normalized spacial score (nSPS) is 10.9. The summed E-state index contributed by atoms with van der Waals surface area (Å²) in [4.78, 5) is 8.70. The minimum Gasteiger partial charge on any atom is -0.261 e. The molecule has 0 fully saturated rings. The smallest absolute Gasteiger partial charge is 0.124 e. The Bertz CT molecular complexity index is 404. The predicted molar refractivity (Wildman–Crippen MR) is 63.9 cm³/mol. The summed E-state index contributed by atoms with van der Waals surface area (Å²) < 4.78 is 0. The predicted octanol–water partition coefficient (Wildman–Crippen LogP) is 3.40. The molecule has 2 heterocycles. The molecule has 2 rings (SSSR count). The van der Waals surface area contributed by atoms with Gasteiger partial charge in [0.15, 0.2) is 0 Å². The van der Waals surface area contributed by atoms with Gasteiger partial charge in [-0.05, 0) is 24.5 Å². The van der Waals surface area contributed by atoms with E-state index < -0.39 is 0 Å². The fourth-order valence-electron chi connectivity index (χ4n) is 1.46. The molecule has 0 saturated carbocycles. The Labute approximate surface area is 94.0 Å². The van der Waals surface area contributed by atoms with Gasteiger partial charge in [0.05, 0.1) is 0 Å². The monoisotopic (exact) mass is 218 g/mol. The van der Waals surface area contributed by atoms with Crippen molar-refractivity contribution in [2.24, 2.45) is 5.92 Å². The van der Waals surface area contributed by atoms with Gasteiger partial charge in [-0.1, -0.05) is 13.8 Å². The third kappa shape index (κ3) is 2.63. The molecule has 0 N–H and O–H groups in total. The van der Waals surface area contributed by atoms with E-state index in [9.17, 15) is 0 Å². The Hall–Kier alpha value is -1.22. The van der Waals surface area contributed by atoms with Gasteiger partial charge in [-0.25, -0.2) is 4.98 Å². The van der Waals surface area contributed by atoms with E-state index in [1.165, 1.54) is 0 Å². The van der Waals surface area contributed by atoms with Crippen LogP contribution in [0.3, 0.4) is 0 Å². The van der Waals surface area contributed by atoms with Crippen molar-refractivity contribution < 1.29 is 0 Å². The fraction of sp³-hybridized carbons (Fsp3) is 0.333. The Morgan fingerprint density at radius 2 is 2.13 bits per heavy atom. The summed E-state index contributed by atoms with van der Waals surface area (Å²) in [7, 11) is 0. The highest BCUT2D eigenvalue weighted by Crippen LogP contribution is 2.20. The van der Waals surface area contributed by atoms with E-state index in [0.29, 0.717) is 5.92 Å². The van der Waals surface area contributed by atoms with E-state index in [-0.39, 0.29) is 0 Å². The largest absolute Gasteiger partial charge is 0.261 e. The number of hydrogen-bond donors (Lipinski definition) is 0. The van der Waals surface area contributed by atoms with Crippen LogP contribution >= 0.6 is 11.3 Å². The van der Waals surface area contributed by atoms with Crippen molar-refractivity contribution in [3.8, 4) is 10.6 Å². The first-order valence-electron chi connectivity index (χ1n) is 5.10. The van der Waals surface area contributed by atoms with Crippen molar-refractivity contribution in [2.75, 3.05) is 0 Å². The highest BCUT2D eigenvalue weighted by Gasteiger charge is 2.02. The topological polar surface area (TPSA) is 25.8 Å². The van der Waals surface area contributed by atoms with E-state index in [1.54, 1.807) is 11.3 Å². The Kier molecular flexibility index (Phi) is 3.11. The zero-order valence-electron chi connectivity index (χ0n) is 8.97. The van der Waals surface area contributed by atoms with E-state index in [4.69, 9.17) is 0 Å². The lowest BCUT2D eigenvalue weighted by Crippen LogP contribution is -1.96. The Morgan fingerprint density at radius 3 is 2.67 bits per heavy atom. The lowest BCUT2D eigenvalue weighted by Gasteiger charge is -2.04. The van der Waals surface area contributed by atoms with Crippen LogP contribution in [0.25, 0.3) is 10.6 Å². The summed E-state index contributed by atoms with van der Waals surface area (Å²) in [5.41, 5.74) is 2.27. The van der Waals surface area contributed by atoms with Crippen LogP contribution in [0.5, 0.6) is 0 Å². The molecule has 0 aromatic carbocycles. The number of nitrogens with zero attached hydrogens (tertiary/aromatic N) is 2. The molecule has 78 valence electrons. The van der Waals surface area contributed by atoms with Crippen molar-refractivity contribution in [3.05, 3.63) is 35.6 Å². The zero-order chi connectivity index (χ0) is 10.7. The van der Waals surface area contributed by atoms with Crippen LogP contribution in [0.15, 0.2) is 29.9 Å². The van der Waals surface area contributed by atoms with Crippen molar-refractivity contribution in [2.45, 2.75) is 20.3 Å². The zero-order valence-corrected chi connectivity index (χ0v) is 9.79. The summed E-state index contributed by atoms with van der Waals surface area (Å²) in [5, 5.41) is 3.02. The first kappa shape index (κ1) is 10.3. The quantitative estimate of drug-likeness (QED) is 0.789. The molecular weight excluding hydrogens is 204 g/mol. The number of pyridine rings is 1. The molecule has 0 bridgehead atoms. The van der Waals surface area contributed by atoms with E-state index in [0.717, 1.165) is 22.7 Å². The number of aromatic nitrogens is 2. The van der Waals surface area contributed by atoms with Gasteiger partial charge in [-0.3, -0.25) is 4.98 Å². The molecule has 0 saturated heterocycles. The van der Waals surface area contributed by atoms with Crippen LogP contribution in [0.4, 0.5) is 0 Å². The highest BCUT2D eigenvalue weighted by atomic mass is 32.1. The average molecular weight is 218 g/mol. The number of thiazole rings is 1. The van der Waals surface area contributed by atoms with Gasteiger partial charge in [-0.15, -0.1) is 11.3 Å². The van der Waals surface area contributed by atoms with Crippen LogP contribution in [0.1, 0.15) is 19.5 Å². The van der Waals surface area contributed by atoms with Crippen LogP contribution in [-0.4, -0.2) is 9.97 Å². The molecular formula is C12H14N2S. The molecule has 0 aliphatic carbocycles. The lowest BCUT2D eigenvalue weighted by molar-refractivity contribution is 0.635. The second-order valence-corrected chi connectivity index (χ2v) is 4.87. The van der Waals surface area contributed by atoms with E-state index in [1.807, 2.05) is 17.8 Å². The Morgan fingerprint density at radius 1 is 1.27 bits per heavy atom. The standard InChI is InChI=1S/C12H14N2S/c1-9(2)7-11-4-3-10(8-14-11)12-13-5-6-15-12/h3-6,8-9H,7H2,1-2H3. The molecule has 3 heteroatoms. The molecule has 0 unspecified atom stereocenters. The number of rotatable bonds is 3. The average Bonchev–Trinajstić information content (AvgIpc) is 2.71. The van der Waals surface area contributed by atoms with E-state index >= 15 is 0 Å². The first-order valence-corrected chi connectivity index (χ1v) is 5.98. The van der Waals surface area contributed by atoms with Crippen LogP contribution in [-0.2, 0) is 6.42 Å². The van der Waals surface area contributed by atoms with Gasteiger partial charge in [0.25, 0.3) is 0 Å². The maximum absolute atomic E-state index is 4.44. The second kappa shape index (κ2) is 4.53. The summed E-state index contributed by atoms with van der Waals surface area (Å²) in [5.74, 6) is 0.656. The van der Waals surface area contributed by atoms with Crippen molar-refractivity contribution in [1.29, 1.82) is 0 Å². The van der Waals surface area contributed by atoms with Gasteiger partial charge in [-0.2, -0.15) is 0 Å². The maximum atomic E-state index is 4.44. The van der Waals surface area contributed by atoms with Gasteiger partial charge in [0.2, 0.25) is 0 Å². The van der Waals surface area contributed by atoms with Crippen molar-refractivity contribution >= 4 is 11.3 Å². The molecule has 2 nitrogen and oxygen atoms in total. The minimum atomic E-state index is 0.656. The fourth-order valence-corrected chi connectivity index (χ4v) is 2.09. The highest BCUT2D eigenvalue weighted by molar-refractivity contribution is 7.13. The second-order valence-electron chi connectivity index (χ2n) is 3.97. The van der Waals surface area contributed by atoms with Crippen LogP contribution in [0.2, 0.25) is 0 Å². The van der Waals surface area contributed by atoms with Crippen molar-refractivity contribution in [3.63, 3.8) is 0 Å².